The molecule has 3 rings (SSSR count). The number of hydrogen-bond donors (Lipinski definition) is 1. The lowest BCUT2D eigenvalue weighted by Gasteiger charge is -2.12. The van der Waals surface area contributed by atoms with Gasteiger partial charge in [0.15, 0.2) is 5.58 Å². The predicted molar refractivity (Wildman–Crippen MR) is 77.3 cm³/mol. The predicted octanol–water partition coefficient (Wildman–Crippen LogP) is 1.94. The average molecular weight is 299 g/mol. The van der Waals surface area contributed by atoms with Gasteiger partial charge in [-0.25, -0.2) is 0 Å². The summed E-state index contributed by atoms with van der Waals surface area (Å²) in [4.78, 5) is 16.6. The SMILES string of the molecule is Cl.NCC1CCN(c2nc3cc([N+](=O)[O-])ccc3o2)C1. The van der Waals surface area contributed by atoms with Crippen LogP contribution in [0.25, 0.3) is 11.1 Å². The molecule has 7 nitrogen and oxygen atoms in total. The van der Waals surface area contributed by atoms with E-state index in [1.807, 2.05) is 4.90 Å². The first kappa shape index (κ1) is 14.5. The molecule has 1 unspecified atom stereocenters. The van der Waals surface area contributed by atoms with Crippen molar-refractivity contribution in [3.63, 3.8) is 0 Å². The summed E-state index contributed by atoms with van der Waals surface area (Å²) in [7, 11) is 0. The summed E-state index contributed by atoms with van der Waals surface area (Å²) in [6, 6.07) is 4.95. The van der Waals surface area contributed by atoms with Crippen molar-refractivity contribution in [1.82, 2.24) is 4.98 Å². The number of nitrogens with two attached hydrogens (primary N) is 1. The van der Waals surface area contributed by atoms with Gasteiger partial charge >= 0.3 is 0 Å². The molecule has 2 N–H and O–H groups in total. The van der Waals surface area contributed by atoms with Gasteiger partial charge in [-0.15, -0.1) is 12.4 Å². The van der Waals surface area contributed by atoms with Crippen LogP contribution < -0.4 is 10.6 Å². The number of nitro benzene ring substituents is 1. The zero-order chi connectivity index (χ0) is 13.4. The van der Waals surface area contributed by atoms with Crippen molar-refractivity contribution in [2.24, 2.45) is 11.7 Å². The molecule has 0 saturated carbocycles. The van der Waals surface area contributed by atoms with E-state index in [1.54, 1.807) is 6.07 Å². The molecule has 2 aromatic rings. The van der Waals surface area contributed by atoms with Crippen LogP contribution in [0.2, 0.25) is 0 Å². The summed E-state index contributed by atoms with van der Waals surface area (Å²) in [5.41, 5.74) is 6.75. The number of benzene rings is 1. The first-order valence-electron chi connectivity index (χ1n) is 6.17. The van der Waals surface area contributed by atoms with Gasteiger partial charge in [0.05, 0.1) is 4.92 Å². The van der Waals surface area contributed by atoms with Gasteiger partial charge in [-0.05, 0) is 24.9 Å². The van der Waals surface area contributed by atoms with Gasteiger partial charge in [0.25, 0.3) is 11.7 Å². The van der Waals surface area contributed by atoms with Gasteiger partial charge < -0.3 is 15.1 Å². The number of anilines is 1. The van der Waals surface area contributed by atoms with Crippen LogP contribution in [0.15, 0.2) is 22.6 Å². The van der Waals surface area contributed by atoms with Crippen LogP contribution in [-0.4, -0.2) is 29.5 Å². The molecule has 108 valence electrons. The number of oxazole rings is 1. The molecule has 0 radical (unpaired) electrons. The highest BCUT2D eigenvalue weighted by Crippen LogP contribution is 2.28. The van der Waals surface area contributed by atoms with Crippen LogP contribution >= 0.6 is 12.4 Å². The van der Waals surface area contributed by atoms with Crippen LogP contribution in [0.3, 0.4) is 0 Å². The Labute approximate surface area is 121 Å². The van der Waals surface area contributed by atoms with Crippen molar-refractivity contribution in [1.29, 1.82) is 0 Å². The standard InChI is InChI=1S/C12H14N4O3.ClH/c13-6-8-3-4-15(7-8)12-14-10-5-9(16(17)18)1-2-11(10)19-12;/h1-2,5,8H,3-4,6-7,13H2;1H. The van der Waals surface area contributed by atoms with Crippen LogP contribution in [0.5, 0.6) is 0 Å². The minimum Gasteiger partial charge on any atom is -0.423 e. The Kier molecular flexibility index (Phi) is 4.10. The van der Waals surface area contributed by atoms with Crippen molar-refractivity contribution < 1.29 is 9.34 Å². The lowest BCUT2D eigenvalue weighted by Crippen LogP contribution is -2.22. The maximum atomic E-state index is 10.7. The van der Waals surface area contributed by atoms with E-state index in [0.29, 0.717) is 29.6 Å². The van der Waals surface area contributed by atoms with Crippen molar-refractivity contribution in [3.8, 4) is 0 Å². The fraction of sp³-hybridized carbons (Fsp3) is 0.417. The summed E-state index contributed by atoms with van der Waals surface area (Å²) < 4.78 is 5.63. The molecule has 8 heteroatoms. The molecule has 2 heterocycles. The van der Waals surface area contributed by atoms with E-state index in [4.69, 9.17) is 10.2 Å². The summed E-state index contributed by atoms with van der Waals surface area (Å²) >= 11 is 0. The number of nitrogens with zero attached hydrogens (tertiary/aromatic N) is 3. The normalized spacial score (nSPS) is 18.2. The number of aromatic nitrogens is 1. The number of nitro groups is 1. The van der Waals surface area contributed by atoms with Crippen LogP contribution in [0, 0.1) is 16.0 Å². The fourth-order valence-electron chi connectivity index (χ4n) is 2.35. The minimum atomic E-state index is -0.436. The maximum absolute atomic E-state index is 10.7. The van der Waals surface area contributed by atoms with E-state index in [2.05, 4.69) is 4.98 Å². The zero-order valence-electron chi connectivity index (χ0n) is 10.7. The second-order valence-electron chi connectivity index (χ2n) is 4.74. The second kappa shape index (κ2) is 5.64. The smallest absolute Gasteiger partial charge is 0.298 e. The number of rotatable bonds is 3. The van der Waals surface area contributed by atoms with E-state index in [9.17, 15) is 10.1 Å². The molecule has 20 heavy (non-hydrogen) atoms. The quantitative estimate of drug-likeness (QED) is 0.687. The summed E-state index contributed by atoms with van der Waals surface area (Å²) in [5.74, 6) is 0.462. The maximum Gasteiger partial charge on any atom is 0.298 e. The molecule has 1 aliphatic heterocycles. The Morgan fingerprint density at radius 1 is 1.55 bits per heavy atom. The second-order valence-corrected chi connectivity index (χ2v) is 4.74. The van der Waals surface area contributed by atoms with Gasteiger partial charge in [-0.1, -0.05) is 0 Å². The molecule has 0 bridgehead atoms. The van der Waals surface area contributed by atoms with Gasteiger partial charge in [-0.3, -0.25) is 10.1 Å². The van der Waals surface area contributed by atoms with Crippen LogP contribution in [0.4, 0.5) is 11.7 Å². The molecular formula is C12H15ClN4O3. The molecule has 1 aromatic heterocycles. The zero-order valence-corrected chi connectivity index (χ0v) is 11.5. The highest BCUT2D eigenvalue weighted by molar-refractivity contribution is 5.85. The fourth-order valence-corrected chi connectivity index (χ4v) is 2.35. The first-order chi connectivity index (χ1) is 9.17. The van der Waals surface area contributed by atoms with Gasteiger partial charge in [0.2, 0.25) is 0 Å². The molecule has 0 spiro atoms. The van der Waals surface area contributed by atoms with Crippen molar-refractivity contribution in [2.45, 2.75) is 6.42 Å². The van der Waals surface area contributed by atoms with E-state index < -0.39 is 4.92 Å². The molecule has 1 fully saturated rings. The molecule has 1 saturated heterocycles. The van der Waals surface area contributed by atoms with Gasteiger partial charge in [0, 0.05) is 25.2 Å². The molecule has 1 aromatic carbocycles. The Balaban J connectivity index is 0.00000147. The number of non-ortho nitro benzene ring substituents is 1. The Bertz CT molecular complexity index is 630. The van der Waals surface area contributed by atoms with Crippen molar-refractivity contribution in [2.75, 3.05) is 24.5 Å². The highest BCUT2D eigenvalue weighted by atomic mass is 35.5. The van der Waals surface area contributed by atoms with E-state index in [0.717, 1.165) is 19.5 Å². The summed E-state index contributed by atoms with van der Waals surface area (Å²) in [5, 5.41) is 10.7. The minimum absolute atomic E-state index is 0. The highest BCUT2D eigenvalue weighted by Gasteiger charge is 2.25. The van der Waals surface area contributed by atoms with E-state index in [-0.39, 0.29) is 18.1 Å². The lowest BCUT2D eigenvalue weighted by molar-refractivity contribution is -0.384. The van der Waals surface area contributed by atoms with Gasteiger partial charge in [-0.2, -0.15) is 4.98 Å². The Morgan fingerprint density at radius 2 is 2.35 bits per heavy atom. The topological polar surface area (TPSA) is 98.4 Å². The van der Waals surface area contributed by atoms with Crippen LogP contribution in [0.1, 0.15) is 6.42 Å². The van der Waals surface area contributed by atoms with Crippen molar-refractivity contribution >= 4 is 35.2 Å². The third kappa shape index (κ3) is 2.54. The van der Waals surface area contributed by atoms with Gasteiger partial charge in [0.1, 0.15) is 5.52 Å². The largest absolute Gasteiger partial charge is 0.423 e. The summed E-state index contributed by atoms with van der Waals surface area (Å²) in [6.07, 6.45) is 1.02. The third-order valence-corrected chi connectivity index (χ3v) is 3.46. The molecule has 1 atom stereocenters. The molecule has 1 aliphatic rings. The Morgan fingerprint density at radius 3 is 3.00 bits per heavy atom. The Hall–Kier alpha value is -1.86. The lowest BCUT2D eigenvalue weighted by atomic mass is 10.1. The van der Waals surface area contributed by atoms with E-state index >= 15 is 0 Å². The average Bonchev–Trinajstić information content (AvgIpc) is 3.03. The molecule has 0 amide bonds. The third-order valence-electron chi connectivity index (χ3n) is 3.46. The number of halogens is 1. The number of hydrogen-bond acceptors (Lipinski definition) is 6. The van der Waals surface area contributed by atoms with E-state index in [1.165, 1.54) is 12.1 Å². The molecule has 0 aliphatic carbocycles. The number of fused-ring (bicyclic) bond motifs is 1. The van der Waals surface area contributed by atoms with Crippen molar-refractivity contribution in [3.05, 3.63) is 28.3 Å². The summed E-state index contributed by atoms with van der Waals surface area (Å²) in [6.45, 7) is 2.34. The monoisotopic (exact) mass is 298 g/mol. The van der Waals surface area contributed by atoms with Crippen LogP contribution in [-0.2, 0) is 0 Å². The first-order valence-corrected chi connectivity index (χ1v) is 6.17. The molecular weight excluding hydrogens is 284 g/mol.